The summed E-state index contributed by atoms with van der Waals surface area (Å²) in [5.74, 6) is 0. The van der Waals surface area contributed by atoms with Crippen LogP contribution in [0, 0.1) is 6.07 Å². The molecule has 0 atom stereocenters. The van der Waals surface area contributed by atoms with Gasteiger partial charge in [0.05, 0.1) is 11.6 Å². The van der Waals surface area contributed by atoms with E-state index in [1.54, 1.807) is 18.5 Å². The first-order chi connectivity index (χ1) is 4.47. The second-order valence-corrected chi connectivity index (χ2v) is 1.66. The van der Waals surface area contributed by atoms with E-state index in [0.717, 1.165) is 5.39 Å². The van der Waals surface area contributed by atoms with Crippen molar-refractivity contribution in [3.05, 3.63) is 24.5 Å². The summed E-state index contributed by atoms with van der Waals surface area (Å²) in [7, 11) is 0. The zero-order valence-electron chi connectivity index (χ0n) is 4.53. The topological polar surface area (TPSA) is 38.9 Å². The van der Waals surface area contributed by atoms with Gasteiger partial charge in [-0.15, -0.1) is 0 Å². The molecule has 2 heterocycles. The summed E-state index contributed by atoms with van der Waals surface area (Å²) in [5.41, 5.74) is 0.564. The van der Waals surface area contributed by atoms with Crippen molar-refractivity contribution in [1.29, 1.82) is 0 Å². The summed E-state index contributed by atoms with van der Waals surface area (Å²) >= 11 is 0. The highest BCUT2D eigenvalue weighted by Gasteiger charge is 1.93. The molecule has 2 rings (SSSR count). The Balaban J connectivity index is 2.95. The summed E-state index contributed by atoms with van der Waals surface area (Å²) < 4.78 is 4.74. The van der Waals surface area contributed by atoms with Gasteiger partial charge in [-0.2, -0.15) is 0 Å². The molecule has 1 radical (unpaired) electrons. The highest BCUT2D eigenvalue weighted by molar-refractivity contribution is 5.70. The summed E-state index contributed by atoms with van der Waals surface area (Å²) in [4.78, 5) is 3.86. The van der Waals surface area contributed by atoms with Gasteiger partial charge in [-0.1, -0.05) is 5.16 Å². The average molecular weight is 119 g/mol. The molecule has 3 nitrogen and oxygen atoms in total. The van der Waals surface area contributed by atoms with Gasteiger partial charge in [0, 0.05) is 12.3 Å². The minimum Gasteiger partial charge on any atom is -0.336 e. The molecule has 0 saturated heterocycles. The molecule has 2 aromatic rings. The molecule has 0 amide bonds. The Hall–Kier alpha value is -1.38. The van der Waals surface area contributed by atoms with Crippen molar-refractivity contribution in [3.8, 4) is 0 Å². The van der Waals surface area contributed by atoms with Crippen LogP contribution in [0.15, 0.2) is 23.0 Å². The van der Waals surface area contributed by atoms with Gasteiger partial charge in [-0.05, 0) is 6.07 Å². The van der Waals surface area contributed by atoms with Crippen LogP contribution in [-0.2, 0) is 0 Å². The highest BCUT2D eigenvalue weighted by atomic mass is 16.5. The van der Waals surface area contributed by atoms with E-state index in [4.69, 9.17) is 4.52 Å². The summed E-state index contributed by atoms with van der Waals surface area (Å²) in [6.45, 7) is 0. The van der Waals surface area contributed by atoms with Gasteiger partial charge in [0.15, 0.2) is 0 Å². The SMILES string of the molecule is [c]1cnc2oncc2c1. The standard InChI is InChI=1S/C6H3N2O/c1-2-5-4-8-9-6(5)7-3-1/h2-4H. The first-order valence-electron chi connectivity index (χ1n) is 2.53. The van der Waals surface area contributed by atoms with Crippen LogP contribution in [0.2, 0.25) is 0 Å². The Morgan fingerprint density at radius 1 is 1.56 bits per heavy atom. The van der Waals surface area contributed by atoms with Crippen molar-refractivity contribution in [2.24, 2.45) is 0 Å². The Bertz CT molecular complexity index is 285. The lowest BCUT2D eigenvalue weighted by Gasteiger charge is -1.77. The predicted octanol–water partition coefficient (Wildman–Crippen LogP) is 1.02. The normalized spacial score (nSPS) is 10.2. The highest BCUT2D eigenvalue weighted by Crippen LogP contribution is 2.06. The minimum absolute atomic E-state index is 0.564. The maximum Gasteiger partial charge on any atom is 0.257 e. The molecule has 9 heavy (non-hydrogen) atoms. The lowest BCUT2D eigenvalue weighted by molar-refractivity contribution is 0.448. The Labute approximate surface area is 51.3 Å². The van der Waals surface area contributed by atoms with Crippen LogP contribution in [0.1, 0.15) is 0 Å². The lowest BCUT2D eigenvalue weighted by Crippen LogP contribution is -1.67. The van der Waals surface area contributed by atoms with E-state index in [0.29, 0.717) is 5.71 Å². The smallest absolute Gasteiger partial charge is 0.257 e. The van der Waals surface area contributed by atoms with Crippen molar-refractivity contribution in [2.75, 3.05) is 0 Å². The monoisotopic (exact) mass is 119 g/mol. The van der Waals surface area contributed by atoms with Crippen LogP contribution in [0.5, 0.6) is 0 Å². The van der Waals surface area contributed by atoms with E-state index >= 15 is 0 Å². The summed E-state index contributed by atoms with van der Waals surface area (Å²) in [5, 5.41) is 4.43. The van der Waals surface area contributed by atoms with Crippen molar-refractivity contribution >= 4 is 11.1 Å². The number of hydrogen-bond acceptors (Lipinski definition) is 3. The molecule has 0 aliphatic carbocycles. The van der Waals surface area contributed by atoms with Gasteiger partial charge in [0.25, 0.3) is 5.71 Å². The second-order valence-electron chi connectivity index (χ2n) is 1.66. The molecule has 43 valence electrons. The maximum atomic E-state index is 4.74. The van der Waals surface area contributed by atoms with Gasteiger partial charge in [0.1, 0.15) is 0 Å². The van der Waals surface area contributed by atoms with Crippen LogP contribution in [0.25, 0.3) is 11.1 Å². The van der Waals surface area contributed by atoms with Gasteiger partial charge >= 0.3 is 0 Å². The Morgan fingerprint density at radius 3 is 3.44 bits per heavy atom. The van der Waals surface area contributed by atoms with Crippen molar-refractivity contribution in [3.63, 3.8) is 0 Å². The molecular weight excluding hydrogens is 116 g/mol. The van der Waals surface area contributed by atoms with E-state index in [9.17, 15) is 0 Å². The number of hydrogen-bond donors (Lipinski definition) is 0. The number of fused-ring (bicyclic) bond motifs is 1. The average Bonchev–Trinajstić information content (AvgIpc) is 2.33. The molecule has 0 aliphatic rings. The van der Waals surface area contributed by atoms with E-state index in [1.165, 1.54) is 0 Å². The lowest BCUT2D eigenvalue weighted by atomic mass is 10.4. The third-order valence-electron chi connectivity index (χ3n) is 1.07. The molecule has 0 fully saturated rings. The molecule has 0 aliphatic heterocycles. The molecule has 0 bridgehead atoms. The molecule has 0 spiro atoms. The van der Waals surface area contributed by atoms with E-state index < -0.39 is 0 Å². The Morgan fingerprint density at radius 2 is 2.56 bits per heavy atom. The van der Waals surface area contributed by atoms with Gasteiger partial charge in [0.2, 0.25) is 0 Å². The number of aromatic nitrogens is 2. The molecule has 0 saturated carbocycles. The number of rotatable bonds is 0. The number of pyridine rings is 1. The molecule has 2 aromatic heterocycles. The van der Waals surface area contributed by atoms with Gasteiger partial charge in [-0.25, -0.2) is 4.98 Å². The fraction of sp³-hybridized carbons (Fsp3) is 0. The molecule has 0 N–H and O–H groups in total. The fourth-order valence-electron chi connectivity index (χ4n) is 0.661. The second kappa shape index (κ2) is 1.55. The molecule has 3 heteroatoms. The molecule has 0 aromatic carbocycles. The van der Waals surface area contributed by atoms with Crippen LogP contribution in [-0.4, -0.2) is 10.1 Å². The van der Waals surface area contributed by atoms with Crippen molar-refractivity contribution in [2.45, 2.75) is 0 Å². The molecular formula is C6H3N2O. The van der Waals surface area contributed by atoms with Crippen LogP contribution >= 0.6 is 0 Å². The van der Waals surface area contributed by atoms with E-state index in [2.05, 4.69) is 16.2 Å². The van der Waals surface area contributed by atoms with Gasteiger partial charge < -0.3 is 4.52 Å². The largest absolute Gasteiger partial charge is 0.336 e. The first kappa shape index (κ1) is 4.49. The summed E-state index contributed by atoms with van der Waals surface area (Å²) in [6.07, 6.45) is 3.16. The van der Waals surface area contributed by atoms with E-state index in [-0.39, 0.29) is 0 Å². The fourth-order valence-corrected chi connectivity index (χ4v) is 0.661. The zero-order valence-corrected chi connectivity index (χ0v) is 4.53. The third kappa shape index (κ3) is 0.579. The quantitative estimate of drug-likeness (QED) is 0.519. The maximum absolute atomic E-state index is 4.74. The zero-order chi connectivity index (χ0) is 6.10. The van der Waals surface area contributed by atoms with Crippen LogP contribution in [0.3, 0.4) is 0 Å². The third-order valence-corrected chi connectivity index (χ3v) is 1.07. The molecule has 0 unspecified atom stereocenters. The number of nitrogens with zero attached hydrogens (tertiary/aromatic N) is 2. The van der Waals surface area contributed by atoms with Crippen LogP contribution < -0.4 is 0 Å². The summed E-state index contributed by atoms with van der Waals surface area (Å²) in [6, 6.07) is 4.59. The van der Waals surface area contributed by atoms with Crippen LogP contribution in [0.4, 0.5) is 0 Å². The minimum atomic E-state index is 0.564. The van der Waals surface area contributed by atoms with Crippen molar-refractivity contribution in [1.82, 2.24) is 10.1 Å². The van der Waals surface area contributed by atoms with Gasteiger partial charge in [-0.3, -0.25) is 0 Å². The first-order valence-corrected chi connectivity index (χ1v) is 2.53. The van der Waals surface area contributed by atoms with E-state index in [1.807, 2.05) is 0 Å². The predicted molar refractivity (Wildman–Crippen MR) is 30.6 cm³/mol. The van der Waals surface area contributed by atoms with Crippen molar-refractivity contribution < 1.29 is 4.52 Å². The Kier molecular flexibility index (Phi) is 0.773.